The van der Waals surface area contributed by atoms with Gasteiger partial charge in [-0.2, -0.15) is 0 Å². The molecule has 0 aliphatic rings. The van der Waals surface area contributed by atoms with Crippen molar-refractivity contribution < 1.29 is 23.8 Å². The van der Waals surface area contributed by atoms with Crippen LogP contribution in [0.2, 0.25) is 0 Å². The molecule has 1 aromatic rings. The molecule has 0 amide bonds. The Hall–Kier alpha value is -1.56. The molecule has 0 spiro atoms. The average molecular weight is 331 g/mol. The van der Waals surface area contributed by atoms with Crippen LogP contribution in [0.4, 0.5) is 0 Å². The van der Waals surface area contributed by atoms with Gasteiger partial charge in [-0.05, 0) is 41.9 Å². The zero-order chi connectivity index (χ0) is 14.6. The molecule has 104 valence electrons. The van der Waals surface area contributed by atoms with Gasteiger partial charge in [-0.1, -0.05) is 0 Å². The number of methoxy groups -OCH3 is 2. The summed E-state index contributed by atoms with van der Waals surface area (Å²) in [7, 11) is 2.49. The Balaban J connectivity index is 3.36. The van der Waals surface area contributed by atoms with E-state index in [1.807, 2.05) is 13.8 Å². The lowest BCUT2D eigenvalue weighted by Gasteiger charge is -2.14. The van der Waals surface area contributed by atoms with Crippen LogP contribution in [0.25, 0.3) is 0 Å². The van der Waals surface area contributed by atoms with Crippen LogP contribution in [-0.2, 0) is 9.47 Å². The molecule has 0 N–H and O–H groups in total. The van der Waals surface area contributed by atoms with Crippen molar-refractivity contribution in [3.05, 3.63) is 27.7 Å². The molecule has 1 aromatic carbocycles. The van der Waals surface area contributed by atoms with Gasteiger partial charge in [-0.15, -0.1) is 0 Å². The molecule has 0 saturated heterocycles. The summed E-state index contributed by atoms with van der Waals surface area (Å²) in [4.78, 5) is 23.4. The molecule has 0 aliphatic carbocycles. The highest BCUT2D eigenvalue weighted by atomic mass is 79.9. The molecule has 5 nitrogen and oxygen atoms in total. The summed E-state index contributed by atoms with van der Waals surface area (Å²) >= 11 is 3.29. The number of carbonyl (C=O) groups is 2. The van der Waals surface area contributed by atoms with E-state index in [0.29, 0.717) is 10.2 Å². The Labute approximate surface area is 120 Å². The summed E-state index contributed by atoms with van der Waals surface area (Å²) in [5, 5.41) is 0. The number of carbonyl (C=O) groups excluding carboxylic acids is 2. The standard InChI is InChI=1S/C13H15BrO5/c1-7(2)19-11-6-9(13(16)18-4)8(5-10(11)14)12(15)17-3/h5-7H,1-4H3. The second-order valence-electron chi connectivity index (χ2n) is 3.98. The molecule has 6 heteroatoms. The highest BCUT2D eigenvalue weighted by molar-refractivity contribution is 9.10. The van der Waals surface area contributed by atoms with Crippen LogP contribution in [-0.4, -0.2) is 32.3 Å². The lowest BCUT2D eigenvalue weighted by atomic mass is 10.1. The minimum atomic E-state index is -0.624. The molecule has 0 bridgehead atoms. The molecule has 0 radical (unpaired) electrons. The first kappa shape index (κ1) is 15.5. The van der Waals surface area contributed by atoms with E-state index in [1.54, 1.807) is 0 Å². The van der Waals surface area contributed by atoms with Crippen LogP contribution < -0.4 is 4.74 Å². The minimum absolute atomic E-state index is 0.0641. The van der Waals surface area contributed by atoms with Crippen molar-refractivity contribution in [3.63, 3.8) is 0 Å². The van der Waals surface area contributed by atoms with E-state index in [4.69, 9.17) is 4.74 Å². The first-order valence-corrected chi connectivity index (χ1v) is 6.36. The fourth-order valence-corrected chi connectivity index (χ4v) is 1.89. The maximum atomic E-state index is 11.7. The van der Waals surface area contributed by atoms with Crippen LogP contribution >= 0.6 is 15.9 Å². The topological polar surface area (TPSA) is 61.8 Å². The summed E-state index contributed by atoms with van der Waals surface area (Å²) in [5.41, 5.74) is 0.227. The van der Waals surface area contributed by atoms with E-state index in [2.05, 4.69) is 25.4 Å². The summed E-state index contributed by atoms with van der Waals surface area (Å²) in [6, 6.07) is 2.94. The number of benzene rings is 1. The Morgan fingerprint density at radius 3 is 1.95 bits per heavy atom. The van der Waals surface area contributed by atoms with Crippen LogP contribution in [0.3, 0.4) is 0 Å². The van der Waals surface area contributed by atoms with Crippen LogP contribution in [0.5, 0.6) is 5.75 Å². The van der Waals surface area contributed by atoms with Gasteiger partial charge in [0, 0.05) is 0 Å². The second kappa shape index (κ2) is 6.56. The molecule has 0 aromatic heterocycles. The van der Waals surface area contributed by atoms with Crippen molar-refractivity contribution in [2.45, 2.75) is 20.0 Å². The maximum Gasteiger partial charge on any atom is 0.338 e. The predicted molar refractivity (Wildman–Crippen MR) is 72.6 cm³/mol. The first-order valence-electron chi connectivity index (χ1n) is 5.57. The molecule has 0 saturated carbocycles. The van der Waals surface area contributed by atoms with Crippen LogP contribution in [0.1, 0.15) is 34.6 Å². The Kier molecular flexibility index (Phi) is 5.35. The molecule has 19 heavy (non-hydrogen) atoms. The van der Waals surface area contributed by atoms with Crippen molar-refractivity contribution in [2.75, 3.05) is 14.2 Å². The van der Waals surface area contributed by atoms with E-state index in [-0.39, 0.29) is 17.2 Å². The smallest absolute Gasteiger partial charge is 0.338 e. The second-order valence-corrected chi connectivity index (χ2v) is 4.83. The number of esters is 2. The third kappa shape index (κ3) is 3.70. The first-order chi connectivity index (χ1) is 8.90. The van der Waals surface area contributed by atoms with Gasteiger partial charge in [-0.3, -0.25) is 0 Å². The average Bonchev–Trinajstić information content (AvgIpc) is 2.38. The minimum Gasteiger partial charge on any atom is -0.490 e. The largest absolute Gasteiger partial charge is 0.490 e. The zero-order valence-electron chi connectivity index (χ0n) is 11.2. The van der Waals surface area contributed by atoms with Gasteiger partial charge in [0.05, 0.1) is 35.9 Å². The number of ether oxygens (including phenoxy) is 3. The highest BCUT2D eigenvalue weighted by Gasteiger charge is 2.21. The number of rotatable bonds is 4. The lowest BCUT2D eigenvalue weighted by molar-refractivity contribution is 0.0554. The fraction of sp³-hybridized carbons (Fsp3) is 0.385. The van der Waals surface area contributed by atoms with E-state index in [9.17, 15) is 9.59 Å². The molecule has 0 unspecified atom stereocenters. The summed E-state index contributed by atoms with van der Waals surface area (Å²) < 4.78 is 15.4. The summed E-state index contributed by atoms with van der Waals surface area (Å²) in [6.45, 7) is 3.72. The van der Waals surface area contributed by atoms with Gasteiger partial charge in [-0.25, -0.2) is 9.59 Å². The summed E-state index contributed by atoms with van der Waals surface area (Å²) in [5.74, 6) is -0.776. The van der Waals surface area contributed by atoms with E-state index in [1.165, 1.54) is 26.4 Å². The Bertz CT molecular complexity index is 496. The van der Waals surface area contributed by atoms with Crippen molar-refractivity contribution in [1.82, 2.24) is 0 Å². The molecule has 0 fully saturated rings. The highest BCUT2D eigenvalue weighted by Crippen LogP contribution is 2.30. The fourth-order valence-electron chi connectivity index (χ4n) is 1.46. The van der Waals surface area contributed by atoms with Gasteiger partial charge in [0.2, 0.25) is 0 Å². The number of hydrogen-bond donors (Lipinski definition) is 0. The van der Waals surface area contributed by atoms with Crippen molar-refractivity contribution in [1.29, 1.82) is 0 Å². The van der Waals surface area contributed by atoms with E-state index >= 15 is 0 Å². The molecule has 1 rings (SSSR count). The van der Waals surface area contributed by atoms with Gasteiger partial charge < -0.3 is 14.2 Å². The normalized spacial score (nSPS) is 10.2. The van der Waals surface area contributed by atoms with E-state index < -0.39 is 11.9 Å². The van der Waals surface area contributed by atoms with Crippen molar-refractivity contribution >= 4 is 27.9 Å². The van der Waals surface area contributed by atoms with Crippen molar-refractivity contribution in [2.24, 2.45) is 0 Å². The third-order valence-electron chi connectivity index (χ3n) is 2.25. The Morgan fingerprint density at radius 1 is 1.05 bits per heavy atom. The van der Waals surface area contributed by atoms with Gasteiger partial charge in [0.15, 0.2) is 0 Å². The van der Waals surface area contributed by atoms with Crippen molar-refractivity contribution in [3.8, 4) is 5.75 Å². The molecule has 0 heterocycles. The molecule has 0 atom stereocenters. The van der Waals surface area contributed by atoms with Crippen LogP contribution in [0.15, 0.2) is 16.6 Å². The van der Waals surface area contributed by atoms with E-state index in [0.717, 1.165) is 0 Å². The third-order valence-corrected chi connectivity index (χ3v) is 2.87. The zero-order valence-corrected chi connectivity index (χ0v) is 12.7. The summed E-state index contributed by atoms with van der Waals surface area (Å²) in [6.07, 6.45) is -0.0641. The molecular formula is C13H15BrO5. The number of hydrogen-bond acceptors (Lipinski definition) is 5. The maximum absolute atomic E-state index is 11.7. The van der Waals surface area contributed by atoms with Gasteiger partial charge in [0.1, 0.15) is 5.75 Å². The Morgan fingerprint density at radius 2 is 1.53 bits per heavy atom. The van der Waals surface area contributed by atoms with Crippen LogP contribution in [0, 0.1) is 0 Å². The number of halogens is 1. The monoisotopic (exact) mass is 330 g/mol. The lowest BCUT2D eigenvalue weighted by Crippen LogP contribution is -2.14. The quantitative estimate of drug-likeness (QED) is 0.794. The van der Waals surface area contributed by atoms with Gasteiger partial charge >= 0.3 is 11.9 Å². The molecule has 0 aliphatic heterocycles. The predicted octanol–water partition coefficient (Wildman–Crippen LogP) is 2.81. The van der Waals surface area contributed by atoms with Gasteiger partial charge in [0.25, 0.3) is 0 Å². The SMILES string of the molecule is COC(=O)c1cc(Br)c(OC(C)C)cc1C(=O)OC. The molecular weight excluding hydrogens is 316 g/mol.